The van der Waals surface area contributed by atoms with Gasteiger partial charge in [0.25, 0.3) is 0 Å². The summed E-state index contributed by atoms with van der Waals surface area (Å²) in [5, 5.41) is 18.5. The Kier molecular flexibility index (Phi) is 3.89. The summed E-state index contributed by atoms with van der Waals surface area (Å²) in [6.45, 7) is 6.32. The summed E-state index contributed by atoms with van der Waals surface area (Å²) in [7, 11) is 0. The van der Waals surface area contributed by atoms with E-state index in [-0.39, 0.29) is 0 Å². The number of fused-ring (bicyclic) bond motifs is 3. The fourth-order valence-corrected chi connectivity index (χ4v) is 3.80. The van der Waals surface area contributed by atoms with Crippen molar-refractivity contribution in [2.75, 3.05) is 11.9 Å². The lowest BCUT2D eigenvalue weighted by Gasteiger charge is -2.09. The summed E-state index contributed by atoms with van der Waals surface area (Å²) in [5.74, 6) is 1.26. The number of aliphatic hydroxyl groups is 1. The fraction of sp³-hybridized carbons (Fsp3) is 0.278. The molecule has 4 aromatic rings. The Labute approximate surface area is 149 Å². The number of rotatable bonds is 4. The third-order valence-corrected chi connectivity index (χ3v) is 5.29. The number of aliphatic hydroxyl groups excluding tert-OH is 1. The van der Waals surface area contributed by atoms with Crippen molar-refractivity contribution < 1.29 is 5.11 Å². The van der Waals surface area contributed by atoms with Gasteiger partial charge in [-0.1, -0.05) is 30.3 Å². The highest BCUT2D eigenvalue weighted by molar-refractivity contribution is 7.18. The standard InChI is InChI=1S/C18H19N5OS/c1-10(24)9-19-18-21-17-14(11(2)12(3)25-17)16-20-15(22-23(16)18)13-7-5-4-6-8-13/h4-8,10,24H,9H2,1-3H3,(H,19,21). The lowest BCUT2D eigenvalue weighted by Crippen LogP contribution is -2.18. The van der Waals surface area contributed by atoms with Crippen LogP contribution in [0.4, 0.5) is 5.95 Å². The van der Waals surface area contributed by atoms with Crippen molar-refractivity contribution in [3.05, 3.63) is 40.8 Å². The van der Waals surface area contributed by atoms with Gasteiger partial charge in [-0.25, -0.2) is 9.97 Å². The molecule has 6 nitrogen and oxygen atoms in total. The molecule has 4 rings (SSSR count). The lowest BCUT2D eigenvalue weighted by atomic mass is 10.2. The highest BCUT2D eigenvalue weighted by Gasteiger charge is 2.18. The zero-order valence-corrected chi connectivity index (χ0v) is 15.1. The second kappa shape index (κ2) is 6.09. The summed E-state index contributed by atoms with van der Waals surface area (Å²) >= 11 is 1.65. The van der Waals surface area contributed by atoms with Gasteiger partial charge in [0.15, 0.2) is 11.5 Å². The summed E-state index contributed by atoms with van der Waals surface area (Å²) in [4.78, 5) is 11.7. The SMILES string of the molecule is Cc1sc2nc(NCC(C)O)n3nc(-c4ccccc4)nc3c2c1C. The molecule has 0 bridgehead atoms. The highest BCUT2D eigenvalue weighted by atomic mass is 32.1. The molecular formula is C18H19N5OS. The van der Waals surface area contributed by atoms with E-state index in [0.29, 0.717) is 18.3 Å². The van der Waals surface area contributed by atoms with Crippen molar-refractivity contribution in [1.29, 1.82) is 0 Å². The number of aryl methyl sites for hydroxylation is 2. The topological polar surface area (TPSA) is 75.3 Å². The molecule has 3 aromatic heterocycles. The van der Waals surface area contributed by atoms with Crippen molar-refractivity contribution in [2.24, 2.45) is 0 Å². The van der Waals surface area contributed by atoms with Crippen LogP contribution in [0.25, 0.3) is 27.3 Å². The maximum Gasteiger partial charge on any atom is 0.227 e. The van der Waals surface area contributed by atoms with Gasteiger partial charge in [0, 0.05) is 17.0 Å². The van der Waals surface area contributed by atoms with Gasteiger partial charge in [-0.05, 0) is 26.3 Å². The number of benzene rings is 1. The zero-order chi connectivity index (χ0) is 17.6. The van der Waals surface area contributed by atoms with Crippen LogP contribution >= 0.6 is 11.3 Å². The Hall–Kier alpha value is -2.51. The third-order valence-electron chi connectivity index (χ3n) is 4.19. The van der Waals surface area contributed by atoms with E-state index >= 15 is 0 Å². The summed E-state index contributed by atoms with van der Waals surface area (Å²) in [6.07, 6.45) is -0.475. The van der Waals surface area contributed by atoms with E-state index in [9.17, 15) is 5.11 Å². The Morgan fingerprint density at radius 1 is 1.20 bits per heavy atom. The minimum absolute atomic E-state index is 0.400. The molecule has 7 heteroatoms. The van der Waals surface area contributed by atoms with Crippen molar-refractivity contribution in [3.63, 3.8) is 0 Å². The van der Waals surface area contributed by atoms with Gasteiger partial charge < -0.3 is 10.4 Å². The van der Waals surface area contributed by atoms with Crippen molar-refractivity contribution in [3.8, 4) is 11.4 Å². The molecule has 0 aliphatic rings. The van der Waals surface area contributed by atoms with Gasteiger partial charge in [-0.3, -0.25) is 0 Å². The van der Waals surface area contributed by atoms with Crippen LogP contribution in [-0.4, -0.2) is 37.3 Å². The van der Waals surface area contributed by atoms with Gasteiger partial charge in [0.05, 0.1) is 11.5 Å². The predicted octanol–water partition coefficient (Wildman–Crippen LogP) is 3.42. The van der Waals surface area contributed by atoms with Crippen molar-refractivity contribution >= 4 is 33.1 Å². The second-order valence-corrected chi connectivity index (χ2v) is 7.37. The molecule has 1 unspecified atom stereocenters. The Bertz CT molecular complexity index is 1050. The molecular weight excluding hydrogens is 334 g/mol. The average Bonchev–Trinajstić information content (AvgIpc) is 3.15. The minimum atomic E-state index is -0.475. The molecule has 0 fully saturated rings. The van der Waals surface area contributed by atoms with Crippen LogP contribution in [0, 0.1) is 13.8 Å². The number of hydrogen-bond acceptors (Lipinski definition) is 6. The van der Waals surface area contributed by atoms with Crippen LogP contribution in [0.1, 0.15) is 17.4 Å². The maximum atomic E-state index is 9.60. The summed E-state index contributed by atoms with van der Waals surface area (Å²) in [6, 6.07) is 9.91. The molecule has 0 amide bonds. The monoisotopic (exact) mass is 353 g/mol. The molecule has 1 atom stereocenters. The number of hydrogen-bond donors (Lipinski definition) is 2. The molecule has 25 heavy (non-hydrogen) atoms. The Balaban J connectivity index is 1.98. The zero-order valence-electron chi connectivity index (χ0n) is 14.3. The van der Waals surface area contributed by atoms with Gasteiger partial charge in [-0.2, -0.15) is 4.52 Å². The van der Waals surface area contributed by atoms with Gasteiger partial charge >= 0.3 is 0 Å². The van der Waals surface area contributed by atoms with Gasteiger partial charge in [0.2, 0.25) is 5.95 Å². The molecule has 0 aliphatic heterocycles. The summed E-state index contributed by atoms with van der Waals surface area (Å²) < 4.78 is 1.74. The molecule has 0 radical (unpaired) electrons. The Morgan fingerprint density at radius 3 is 2.68 bits per heavy atom. The van der Waals surface area contributed by atoms with Gasteiger partial charge in [0.1, 0.15) is 4.83 Å². The van der Waals surface area contributed by atoms with Crippen LogP contribution in [0.3, 0.4) is 0 Å². The highest BCUT2D eigenvalue weighted by Crippen LogP contribution is 2.33. The fourth-order valence-electron chi connectivity index (χ4n) is 2.78. The van der Waals surface area contributed by atoms with E-state index in [0.717, 1.165) is 21.4 Å². The number of nitrogens with zero attached hydrogens (tertiary/aromatic N) is 4. The molecule has 3 heterocycles. The molecule has 1 aromatic carbocycles. The average molecular weight is 353 g/mol. The van der Waals surface area contributed by atoms with Crippen LogP contribution in [0.5, 0.6) is 0 Å². The normalized spacial score (nSPS) is 12.8. The number of anilines is 1. The van der Waals surface area contributed by atoms with E-state index in [1.54, 1.807) is 22.8 Å². The van der Waals surface area contributed by atoms with Gasteiger partial charge in [-0.15, -0.1) is 16.4 Å². The Morgan fingerprint density at radius 2 is 1.96 bits per heavy atom. The third kappa shape index (κ3) is 2.75. The largest absolute Gasteiger partial charge is 0.392 e. The van der Waals surface area contributed by atoms with Crippen molar-refractivity contribution in [1.82, 2.24) is 19.6 Å². The smallest absolute Gasteiger partial charge is 0.227 e. The number of nitrogens with one attached hydrogen (secondary N) is 1. The lowest BCUT2D eigenvalue weighted by molar-refractivity contribution is 0.208. The number of thiophene rings is 1. The van der Waals surface area contributed by atoms with Crippen LogP contribution in [0.2, 0.25) is 0 Å². The first-order chi connectivity index (χ1) is 12.0. The first kappa shape index (κ1) is 16.0. The summed E-state index contributed by atoms with van der Waals surface area (Å²) in [5.41, 5.74) is 2.94. The van der Waals surface area contributed by atoms with Crippen molar-refractivity contribution in [2.45, 2.75) is 26.9 Å². The minimum Gasteiger partial charge on any atom is -0.392 e. The van der Waals surface area contributed by atoms with Crippen LogP contribution < -0.4 is 5.32 Å². The van der Waals surface area contributed by atoms with E-state index in [1.807, 2.05) is 30.3 Å². The second-order valence-electron chi connectivity index (χ2n) is 6.17. The quantitative estimate of drug-likeness (QED) is 0.588. The van der Waals surface area contributed by atoms with E-state index in [1.165, 1.54) is 10.4 Å². The van der Waals surface area contributed by atoms with E-state index in [4.69, 9.17) is 9.97 Å². The molecule has 0 saturated heterocycles. The molecule has 0 spiro atoms. The predicted molar refractivity (Wildman–Crippen MR) is 101 cm³/mol. The molecule has 128 valence electrons. The van der Waals surface area contributed by atoms with Crippen LogP contribution in [-0.2, 0) is 0 Å². The molecule has 0 aliphatic carbocycles. The maximum absolute atomic E-state index is 9.60. The number of aromatic nitrogens is 4. The molecule has 2 N–H and O–H groups in total. The van der Waals surface area contributed by atoms with E-state index < -0.39 is 6.10 Å². The van der Waals surface area contributed by atoms with Crippen LogP contribution in [0.15, 0.2) is 30.3 Å². The first-order valence-corrected chi connectivity index (χ1v) is 9.00. The molecule has 0 saturated carbocycles. The first-order valence-electron chi connectivity index (χ1n) is 8.18. The van der Waals surface area contributed by atoms with E-state index in [2.05, 4.69) is 24.3 Å².